The number of hydrogen-bond donors (Lipinski definition) is 4. The highest BCUT2D eigenvalue weighted by atomic mass is 16.3. The first-order valence-electron chi connectivity index (χ1n) is 9.61. The third-order valence-corrected chi connectivity index (χ3v) is 4.77. The van der Waals surface area contributed by atoms with Crippen molar-refractivity contribution < 1.29 is 14.7 Å². The molecule has 0 aliphatic carbocycles. The number of fused-ring (bicyclic) bond motifs is 1. The van der Waals surface area contributed by atoms with Crippen LogP contribution in [0.2, 0.25) is 0 Å². The number of aromatic amines is 1. The van der Waals surface area contributed by atoms with Crippen molar-refractivity contribution in [2.45, 2.75) is 6.42 Å². The second-order valence-electron chi connectivity index (χ2n) is 7.05. The first kappa shape index (κ1) is 19.9. The molecule has 2 amide bonds. The number of anilines is 1. The number of carbonyl (C=O) groups excluding carboxylic acids is 2. The molecular formula is C24H20N4O3. The number of phenolic OH excluding ortho intramolecular Hbond substituents is 1. The monoisotopic (exact) mass is 412 g/mol. The summed E-state index contributed by atoms with van der Waals surface area (Å²) in [4.78, 5) is 31.8. The molecule has 0 aliphatic heterocycles. The van der Waals surface area contributed by atoms with E-state index in [9.17, 15) is 14.7 Å². The van der Waals surface area contributed by atoms with Gasteiger partial charge in [-0.2, -0.15) is 0 Å². The van der Waals surface area contributed by atoms with Crippen molar-refractivity contribution in [2.75, 3.05) is 5.32 Å². The minimum atomic E-state index is -0.538. The number of pyridine rings is 1. The van der Waals surface area contributed by atoms with Crippen LogP contribution < -0.4 is 11.1 Å². The summed E-state index contributed by atoms with van der Waals surface area (Å²) in [6.45, 7) is 0. The Morgan fingerprint density at radius 3 is 2.65 bits per heavy atom. The van der Waals surface area contributed by atoms with E-state index in [0.717, 1.165) is 10.9 Å². The average molecular weight is 412 g/mol. The molecule has 2 aromatic heterocycles. The maximum Gasteiger partial charge on any atom is 0.249 e. The van der Waals surface area contributed by atoms with E-state index in [1.807, 2.05) is 30.3 Å². The molecule has 0 atom stereocenters. The minimum Gasteiger partial charge on any atom is -0.508 e. The van der Waals surface area contributed by atoms with Gasteiger partial charge in [0.15, 0.2) is 0 Å². The van der Waals surface area contributed by atoms with Crippen LogP contribution in [0.15, 0.2) is 73.1 Å². The number of nitrogens with two attached hydrogens (primary N) is 1. The smallest absolute Gasteiger partial charge is 0.249 e. The first-order chi connectivity index (χ1) is 15.0. The topological polar surface area (TPSA) is 121 Å². The Kier molecular flexibility index (Phi) is 5.49. The van der Waals surface area contributed by atoms with Crippen LogP contribution in [0.4, 0.5) is 5.69 Å². The molecule has 4 rings (SSSR count). The quantitative estimate of drug-likeness (QED) is 0.362. The van der Waals surface area contributed by atoms with Crippen LogP contribution in [-0.4, -0.2) is 26.9 Å². The summed E-state index contributed by atoms with van der Waals surface area (Å²) < 4.78 is 0. The summed E-state index contributed by atoms with van der Waals surface area (Å²) in [5, 5.41) is 13.1. The van der Waals surface area contributed by atoms with E-state index in [1.54, 1.807) is 48.8 Å². The van der Waals surface area contributed by atoms with E-state index in [4.69, 9.17) is 5.73 Å². The predicted octanol–water partition coefficient (Wildman–Crippen LogP) is 3.48. The molecule has 7 nitrogen and oxygen atoms in total. The number of aromatic nitrogens is 2. The molecule has 2 aromatic carbocycles. The van der Waals surface area contributed by atoms with Crippen molar-refractivity contribution in [1.82, 2.24) is 9.97 Å². The summed E-state index contributed by atoms with van der Waals surface area (Å²) in [6, 6.07) is 17.5. The lowest BCUT2D eigenvalue weighted by Crippen LogP contribution is -2.14. The standard InChI is InChI=1S/C24H20N4O3/c25-23(31)20(16-6-2-1-3-7-16)11-17-13-26-24-21(17)12-18(14-27-24)28-22(30)10-15-5-4-8-19(29)9-15/h1-9,11-14,29H,10H2,(H2,25,31)(H,26,27)(H,28,30)/b20-11+. The van der Waals surface area contributed by atoms with Gasteiger partial charge in [0.25, 0.3) is 0 Å². The van der Waals surface area contributed by atoms with Crippen LogP contribution in [0, 0.1) is 0 Å². The van der Waals surface area contributed by atoms with Crippen molar-refractivity contribution in [1.29, 1.82) is 0 Å². The molecule has 0 aliphatic rings. The first-order valence-corrected chi connectivity index (χ1v) is 9.61. The molecule has 7 heteroatoms. The fourth-order valence-electron chi connectivity index (χ4n) is 3.34. The summed E-state index contributed by atoms with van der Waals surface area (Å²) >= 11 is 0. The summed E-state index contributed by atoms with van der Waals surface area (Å²) in [7, 11) is 0. The van der Waals surface area contributed by atoms with Gasteiger partial charge in [-0.3, -0.25) is 9.59 Å². The lowest BCUT2D eigenvalue weighted by atomic mass is 10.0. The van der Waals surface area contributed by atoms with E-state index in [1.165, 1.54) is 0 Å². The van der Waals surface area contributed by atoms with Gasteiger partial charge in [0.1, 0.15) is 11.4 Å². The lowest BCUT2D eigenvalue weighted by molar-refractivity contribution is -0.115. The number of benzene rings is 2. The van der Waals surface area contributed by atoms with Crippen LogP contribution in [0.25, 0.3) is 22.7 Å². The number of nitrogens with one attached hydrogen (secondary N) is 2. The molecular weight excluding hydrogens is 392 g/mol. The van der Waals surface area contributed by atoms with Gasteiger partial charge in [-0.1, -0.05) is 42.5 Å². The highest BCUT2D eigenvalue weighted by Gasteiger charge is 2.12. The summed E-state index contributed by atoms with van der Waals surface area (Å²) in [5.74, 6) is -0.661. The zero-order valence-corrected chi connectivity index (χ0v) is 16.5. The number of aromatic hydroxyl groups is 1. The number of amides is 2. The van der Waals surface area contributed by atoms with Gasteiger partial charge in [0.05, 0.1) is 18.3 Å². The van der Waals surface area contributed by atoms with Gasteiger partial charge in [0.2, 0.25) is 11.8 Å². The molecule has 0 bridgehead atoms. The molecule has 0 unspecified atom stereocenters. The largest absolute Gasteiger partial charge is 0.508 e. The van der Waals surface area contributed by atoms with Crippen molar-refractivity contribution in [2.24, 2.45) is 5.73 Å². The fraction of sp³-hybridized carbons (Fsp3) is 0.0417. The van der Waals surface area contributed by atoms with Crippen molar-refractivity contribution in [3.8, 4) is 5.75 Å². The Morgan fingerprint density at radius 1 is 1.10 bits per heavy atom. The molecule has 4 aromatic rings. The molecule has 0 spiro atoms. The van der Waals surface area contributed by atoms with E-state index in [2.05, 4.69) is 15.3 Å². The zero-order chi connectivity index (χ0) is 21.8. The SMILES string of the molecule is NC(=O)/C(=C/c1c[nH]c2ncc(NC(=O)Cc3cccc(O)c3)cc12)c1ccccc1. The summed E-state index contributed by atoms with van der Waals surface area (Å²) in [5.41, 5.74) is 9.26. The van der Waals surface area contributed by atoms with Crippen LogP contribution in [0.3, 0.4) is 0 Å². The Bertz CT molecular complexity index is 1290. The Hall–Kier alpha value is -4.39. The molecule has 154 valence electrons. The molecule has 0 saturated carbocycles. The van der Waals surface area contributed by atoms with Crippen molar-refractivity contribution in [3.05, 3.63) is 89.7 Å². The maximum absolute atomic E-state index is 12.4. The normalized spacial score (nSPS) is 11.4. The molecule has 0 saturated heterocycles. The van der Waals surface area contributed by atoms with E-state index >= 15 is 0 Å². The highest BCUT2D eigenvalue weighted by molar-refractivity contribution is 6.24. The van der Waals surface area contributed by atoms with E-state index in [-0.39, 0.29) is 18.1 Å². The lowest BCUT2D eigenvalue weighted by Gasteiger charge is -2.06. The Balaban J connectivity index is 1.61. The zero-order valence-electron chi connectivity index (χ0n) is 16.5. The second kappa shape index (κ2) is 8.54. The average Bonchev–Trinajstić information content (AvgIpc) is 3.14. The second-order valence-corrected chi connectivity index (χ2v) is 7.05. The molecule has 0 radical (unpaired) electrons. The predicted molar refractivity (Wildman–Crippen MR) is 120 cm³/mol. The number of hydrogen-bond acceptors (Lipinski definition) is 4. The maximum atomic E-state index is 12.4. The third-order valence-electron chi connectivity index (χ3n) is 4.77. The van der Waals surface area contributed by atoms with Crippen LogP contribution >= 0.6 is 0 Å². The van der Waals surface area contributed by atoms with Crippen LogP contribution in [-0.2, 0) is 16.0 Å². The minimum absolute atomic E-state index is 0.112. The number of primary amides is 1. The van der Waals surface area contributed by atoms with Gasteiger partial charge in [-0.05, 0) is 35.4 Å². The van der Waals surface area contributed by atoms with Gasteiger partial charge in [-0.15, -0.1) is 0 Å². The van der Waals surface area contributed by atoms with Gasteiger partial charge >= 0.3 is 0 Å². The number of rotatable bonds is 6. The van der Waals surface area contributed by atoms with Gasteiger partial charge in [-0.25, -0.2) is 4.98 Å². The van der Waals surface area contributed by atoms with Crippen molar-refractivity contribution >= 4 is 40.2 Å². The Labute approximate surface area is 178 Å². The third kappa shape index (κ3) is 4.62. The van der Waals surface area contributed by atoms with E-state index in [0.29, 0.717) is 28.0 Å². The number of carbonyl (C=O) groups is 2. The van der Waals surface area contributed by atoms with Crippen LogP contribution in [0.1, 0.15) is 16.7 Å². The molecule has 31 heavy (non-hydrogen) atoms. The number of H-pyrrole nitrogens is 1. The fourth-order valence-corrected chi connectivity index (χ4v) is 3.34. The van der Waals surface area contributed by atoms with Gasteiger partial charge in [0, 0.05) is 22.7 Å². The van der Waals surface area contributed by atoms with Crippen LogP contribution in [0.5, 0.6) is 5.75 Å². The Morgan fingerprint density at radius 2 is 1.90 bits per heavy atom. The van der Waals surface area contributed by atoms with Crippen molar-refractivity contribution in [3.63, 3.8) is 0 Å². The molecule has 2 heterocycles. The number of phenols is 1. The van der Waals surface area contributed by atoms with Gasteiger partial charge < -0.3 is 21.1 Å². The molecule has 5 N–H and O–H groups in total. The number of nitrogens with zero attached hydrogens (tertiary/aromatic N) is 1. The summed E-state index contributed by atoms with van der Waals surface area (Å²) in [6.07, 6.45) is 5.11. The van der Waals surface area contributed by atoms with E-state index < -0.39 is 5.91 Å². The molecule has 0 fully saturated rings. The highest BCUT2D eigenvalue weighted by Crippen LogP contribution is 2.25.